The molecule has 0 radical (unpaired) electrons. The maximum atomic E-state index is 11.8. The largest absolute Gasteiger partial charge is 0.364 e. The highest BCUT2D eigenvalue weighted by Gasteiger charge is 2.17. The van der Waals surface area contributed by atoms with Gasteiger partial charge in [-0.2, -0.15) is 5.10 Å². The smallest absolute Gasteiger partial charge is 0.175 e. The standard InChI is InChI=1S/C18H21N5O2S/c1-26(24,25)15-6-7-17-16(10-15)18(21-12-20-17)19-11-13-8-9-23(22-13)14-4-2-3-5-14/h6-10,12,14H,2-5,11H2,1H3,(H,19,20,21). The number of sulfone groups is 1. The SMILES string of the molecule is CS(=O)(=O)c1ccc2ncnc(NCc3ccn(C4CCCC4)n3)c2c1. The van der Waals surface area contributed by atoms with Crippen LogP contribution in [0.3, 0.4) is 0 Å². The molecule has 1 aromatic carbocycles. The van der Waals surface area contributed by atoms with E-state index in [-0.39, 0.29) is 4.90 Å². The number of rotatable bonds is 5. The van der Waals surface area contributed by atoms with Crippen LogP contribution < -0.4 is 5.32 Å². The third-order valence-corrected chi connectivity index (χ3v) is 5.94. The van der Waals surface area contributed by atoms with E-state index in [0.29, 0.717) is 29.3 Å². The minimum atomic E-state index is -3.28. The lowest BCUT2D eigenvalue weighted by atomic mass is 10.2. The average molecular weight is 371 g/mol. The molecule has 1 aliphatic carbocycles. The van der Waals surface area contributed by atoms with E-state index in [1.807, 2.05) is 12.3 Å². The maximum Gasteiger partial charge on any atom is 0.175 e. The summed E-state index contributed by atoms with van der Waals surface area (Å²) < 4.78 is 25.7. The lowest BCUT2D eigenvalue weighted by Crippen LogP contribution is -2.08. The molecule has 1 saturated carbocycles. The van der Waals surface area contributed by atoms with Gasteiger partial charge in [-0.1, -0.05) is 12.8 Å². The van der Waals surface area contributed by atoms with Gasteiger partial charge in [0.25, 0.3) is 0 Å². The van der Waals surface area contributed by atoms with E-state index < -0.39 is 9.84 Å². The molecule has 1 N–H and O–H groups in total. The van der Waals surface area contributed by atoms with E-state index in [9.17, 15) is 8.42 Å². The molecule has 0 atom stereocenters. The predicted molar refractivity (Wildman–Crippen MR) is 99.7 cm³/mol. The van der Waals surface area contributed by atoms with E-state index in [1.54, 1.807) is 18.2 Å². The number of anilines is 1. The summed E-state index contributed by atoms with van der Waals surface area (Å²) in [6, 6.07) is 7.41. The van der Waals surface area contributed by atoms with E-state index >= 15 is 0 Å². The molecule has 0 saturated heterocycles. The van der Waals surface area contributed by atoms with E-state index in [4.69, 9.17) is 0 Å². The van der Waals surface area contributed by atoms with Gasteiger partial charge in [-0.3, -0.25) is 4.68 Å². The molecule has 26 heavy (non-hydrogen) atoms. The van der Waals surface area contributed by atoms with Crippen molar-refractivity contribution in [2.45, 2.75) is 43.2 Å². The number of aromatic nitrogens is 4. The van der Waals surface area contributed by atoms with E-state index in [0.717, 1.165) is 5.69 Å². The molecule has 0 unspecified atom stereocenters. The molecule has 0 bridgehead atoms. The van der Waals surface area contributed by atoms with E-state index in [2.05, 4.69) is 25.1 Å². The molecule has 0 spiro atoms. The van der Waals surface area contributed by atoms with Crippen LogP contribution in [0.1, 0.15) is 37.4 Å². The summed E-state index contributed by atoms with van der Waals surface area (Å²) in [5, 5.41) is 8.61. The zero-order valence-electron chi connectivity index (χ0n) is 14.6. The second-order valence-electron chi connectivity index (χ2n) is 6.75. The fraction of sp³-hybridized carbons (Fsp3) is 0.389. The van der Waals surface area contributed by atoms with Gasteiger partial charge in [0, 0.05) is 17.8 Å². The van der Waals surface area contributed by atoms with Crippen molar-refractivity contribution in [3.05, 3.63) is 42.5 Å². The second kappa shape index (κ2) is 6.68. The Hall–Kier alpha value is -2.48. The highest BCUT2D eigenvalue weighted by Crippen LogP contribution is 2.29. The first-order valence-corrected chi connectivity index (χ1v) is 10.6. The first-order valence-electron chi connectivity index (χ1n) is 8.73. The van der Waals surface area contributed by atoms with Crippen LogP contribution in [-0.4, -0.2) is 34.4 Å². The van der Waals surface area contributed by atoms with Crippen molar-refractivity contribution < 1.29 is 8.42 Å². The molecular formula is C18H21N5O2S. The number of nitrogens with zero attached hydrogens (tertiary/aromatic N) is 4. The quantitative estimate of drug-likeness (QED) is 0.742. The minimum absolute atomic E-state index is 0.258. The van der Waals surface area contributed by atoms with Crippen LogP contribution in [0, 0.1) is 0 Å². The molecule has 2 aromatic heterocycles. The molecule has 0 amide bonds. The predicted octanol–water partition coefficient (Wildman–Crippen LogP) is 2.96. The summed E-state index contributed by atoms with van der Waals surface area (Å²) in [6.07, 6.45) is 9.63. The van der Waals surface area contributed by atoms with Gasteiger partial charge in [-0.25, -0.2) is 18.4 Å². The van der Waals surface area contributed by atoms with Crippen LogP contribution in [0.2, 0.25) is 0 Å². The van der Waals surface area contributed by atoms with E-state index in [1.165, 1.54) is 38.3 Å². The van der Waals surface area contributed by atoms with Crippen molar-refractivity contribution in [2.75, 3.05) is 11.6 Å². The van der Waals surface area contributed by atoms with Crippen LogP contribution in [0.4, 0.5) is 5.82 Å². The van der Waals surface area contributed by atoms with Gasteiger partial charge >= 0.3 is 0 Å². The molecule has 2 heterocycles. The Balaban J connectivity index is 1.57. The third kappa shape index (κ3) is 3.41. The van der Waals surface area contributed by atoms with Gasteiger partial charge in [-0.15, -0.1) is 0 Å². The van der Waals surface area contributed by atoms with Gasteiger partial charge < -0.3 is 5.32 Å². The zero-order chi connectivity index (χ0) is 18.1. The number of hydrogen-bond acceptors (Lipinski definition) is 6. The molecule has 1 fully saturated rings. The molecule has 3 aromatic rings. The molecule has 7 nitrogen and oxygen atoms in total. The van der Waals surface area contributed by atoms with Gasteiger partial charge in [0.1, 0.15) is 12.1 Å². The highest BCUT2D eigenvalue weighted by molar-refractivity contribution is 7.90. The lowest BCUT2D eigenvalue weighted by molar-refractivity contribution is 0.463. The molecule has 8 heteroatoms. The van der Waals surface area contributed by atoms with Crippen LogP contribution in [0.25, 0.3) is 10.9 Å². The normalized spacial score (nSPS) is 15.6. The Morgan fingerprint density at radius 2 is 2.00 bits per heavy atom. The highest BCUT2D eigenvalue weighted by atomic mass is 32.2. The van der Waals surface area contributed by atoms with Crippen LogP contribution in [-0.2, 0) is 16.4 Å². The monoisotopic (exact) mass is 371 g/mol. The van der Waals surface area contributed by atoms with Gasteiger partial charge in [-0.05, 0) is 37.1 Å². The van der Waals surface area contributed by atoms with Crippen molar-refractivity contribution in [1.82, 2.24) is 19.7 Å². The maximum absolute atomic E-state index is 11.8. The molecule has 1 aliphatic rings. The summed E-state index contributed by atoms with van der Waals surface area (Å²) in [6.45, 7) is 0.523. The number of nitrogens with one attached hydrogen (secondary N) is 1. The third-order valence-electron chi connectivity index (χ3n) is 4.83. The molecule has 0 aliphatic heterocycles. The Labute approximate surface area is 152 Å². The number of fused-ring (bicyclic) bond motifs is 1. The summed E-state index contributed by atoms with van der Waals surface area (Å²) >= 11 is 0. The van der Waals surface area contributed by atoms with Crippen LogP contribution in [0.5, 0.6) is 0 Å². The lowest BCUT2D eigenvalue weighted by Gasteiger charge is -2.10. The van der Waals surface area contributed by atoms with Gasteiger partial charge in [0.2, 0.25) is 0 Å². The van der Waals surface area contributed by atoms with Crippen molar-refractivity contribution >= 4 is 26.6 Å². The van der Waals surface area contributed by atoms with Crippen LogP contribution in [0.15, 0.2) is 41.7 Å². The molecule has 4 rings (SSSR count). The Bertz CT molecular complexity index is 1040. The average Bonchev–Trinajstić information content (AvgIpc) is 3.30. The first kappa shape index (κ1) is 17.0. The zero-order valence-corrected chi connectivity index (χ0v) is 15.4. The number of hydrogen-bond donors (Lipinski definition) is 1. The Morgan fingerprint density at radius 3 is 2.77 bits per heavy atom. The van der Waals surface area contributed by atoms with Crippen molar-refractivity contribution in [2.24, 2.45) is 0 Å². The topological polar surface area (TPSA) is 89.8 Å². The first-order chi connectivity index (χ1) is 12.5. The van der Waals surface area contributed by atoms with Gasteiger partial charge in [0.05, 0.1) is 28.7 Å². The second-order valence-corrected chi connectivity index (χ2v) is 8.77. The molecule has 136 valence electrons. The van der Waals surface area contributed by atoms with Crippen LogP contribution >= 0.6 is 0 Å². The van der Waals surface area contributed by atoms with Crippen molar-refractivity contribution in [1.29, 1.82) is 0 Å². The summed E-state index contributed by atoms with van der Waals surface area (Å²) in [5.41, 5.74) is 1.63. The van der Waals surface area contributed by atoms with Gasteiger partial charge in [0.15, 0.2) is 9.84 Å². The van der Waals surface area contributed by atoms with Crippen molar-refractivity contribution in [3.63, 3.8) is 0 Å². The Kier molecular flexibility index (Phi) is 4.36. The summed E-state index contributed by atoms with van der Waals surface area (Å²) in [4.78, 5) is 8.75. The Morgan fingerprint density at radius 1 is 1.19 bits per heavy atom. The van der Waals surface area contributed by atoms with Crippen molar-refractivity contribution in [3.8, 4) is 0 Å². The molecular weight excluding hydrogens is 350 g/mol. The fourth-order valence-electron chi connectivity index (χ4n) is 3.43. The summed E-state index contributed by atoms with van der Waals surface area (Å²) in [5.74, 6) is 0.607. The number of benzene rings is 1. The fourth-order valence-corrected chi connectivity index (χ4v) is 4.07. The summed E-state index contributed by atoms with van der Waals surface area (Å²) in [7, 11) is -3.28. The minimum Gasteiger partial charge on any atom is -0.364 e.